The summed E-state index contributed by atoms with van der Waals surface area (Å²) in [5, 5.41) is 33.0. The zero-order chi connectivity index (χ0) is 18.9. The lowest BCUT2D eigenvalue weighted by Crippen LogP contribution is -2.29. The molecule has 1 aromatic heterocycles. The Kier molecular flexibility index (Phi) is 7.01. The van der Waals surface area contributed by atoms with Gasteiger partial charge in [-0.15, -0.1) is 0 Å². The molecular formula is C17H19N3O6. The van der Waals surface area contributed by atoms with Crippen LogP contribution < -0.4 is 5.32 Å². The lowest BCUT2D eigenvalue weighted by atomic mass is 10.0. The van der Waals surface area contributed by atoms with Crippen LogP contribution in [0.5, 0.6) is 0 Å². The quantitative estimate of drug-likeness (QED) is 0.481. The molecule has 3 N–H and O–H groups in total. The van der Waals surface area contributed by atoms with Gasteiger partial charge in [0.2, 0.25) is 0 Å². The van der Waals surface area contributed by atoms with Crippen LogP contribution in [-0.4, -0.2) is 38.9 Å². The predicted octanol–water partition coefficient (Wildman–Crippen LogP) is 1.70. The fourth-order valence-corrected chi connectivity index (χ4v) is 2.16. The van der Waals surface area contributed by atoms with Crippen molar-refractivity contribution in [3.8, 4) is 0 Å². The van der Waals surface area contributed by atoms with Crippen molar-refractivity contribution in [2.75, 3.05) is 6.54 Å². The van der Waals surface area contributed by atoms with E-state index in [0.717, 1.165) is 17.8 Å². The summed E-state index contributed by atoms with van der Waals surface area (Å²) in [5.41, 5.74) is 1.10. The lowest BCUT2D eigenvalue weighted by molar-refractivity contribution is -0.389. The van der Waals surface area contributed by atoms with Crippen LogP contribution in [0.2, 0.25) is 0 Å². The Hall–Kier alpha value is -3.04. The first-order chi connectivity index (χ1) is 12.5. The van der Waals surface area contributed by atoms with E-state index >= 15 is 0 Å². The molecular weight excluding hydrogens is 342 g/mol. The maximum Gasteiger partial charge on any atom is 0.407 e. The second-order valence-electron chi connectivity index (χ2n) is 5.50. The molecule has 138 valence electrons. The molecule has 26 heavy (non-hydrogen) atoms. The maximum absolute atomic E-state index is 11.6. The van der Waals surface area contributed by atoms with E-state index in [9.17, 15) is 25.1 Å². The molecule has 0 bridgehead atoms. The van der Waals surface area contributed by atoms with Gasteiger partial charge in [0, 0.05) is 18.2 Å². The van der Waals surface area contributed by atoms with Crippen LogP contribution in [0.25, 0.3) is 0 Å². The highest BCUT2D eigenvalue weighted by Gasteiger charge is 2.21. The minimum Gasteiger partial charge on any atom is -0.445 e. The number of alkyl carbamates (subject to hydrolysis) is 1. The Morgan fingerprint density at radius 1 is 1.23 bits per heavy atom. The zero-order valence-corrected chi connectivity index (χ0v) is 13.8. The number of nitrogens with one attached hydrogen (secondary N) is 1. The second-order valence-corrected chi connectivity index (χ2v) is 5.50. The van der Waals surface area contributed by atoms with Crippen LogP contribution in [0.15, 0.2) is 48.7 Å². The fraction of sp³-hybridized carbons (Fsp3) is 0.294. The van der Waals surface area contributed by atoms with Gasteiger partial charge in [0.15, 0.2) is 0 Å². The topological polar surface area (TPSA) is 135 Å². The maximum atomic E-state index is 11.6. The van der Waals surface area contributed by atoms with E-state index in [2.05, 4.69) is 10.3 Å². The fourth-order valence-electron chi connectivity index (χ4n) is 2.16. The molecule has 0 aliphatic heterocycles. The molecule has 0 fully saturated rings. The number of aliphatic hydroxyl groups excluding tert-OH is 2. The summed E-state index contributed by atoms with van der Waals surface area (Å²) >= 11 is 0. The van der Waals surface area contributed by atoms with Gasteiger partial charge in [-0.1, -0.05) is 30.3 Å². The zero-order valence-electron chi connectivity index (χ0n) is 13.8. The Balaban J connectivity index is 1.72. The van der Waals surface area contributed by atoms with Crippen molar-refractivity contribution in [2.24, 2.45) is 0 Å². The van der Waals surface area contributed by atoms with E-state index < -0.39 is 23.2 Å². The van der Waals surface area contributed by atoms with Crippen LogP contribution in [-0.2, 0) is 11.3 Å². The molecule has 9 nitrogen and oxygen atoms in total. The Labute approximate surface area is 149 Å². The lowest BCUT2D eigenvalue weighted by Gasteiger charge is -2.17. The minimum absolute atomic E-state index is 0.0680. The number of rotatable bonds is 8. The number of carbonyl (C=O) groups excluding carboxylic acids is 1. The third-order valence-electron chi connectivity index (χ3n) is 3.59. The third kappa shape index (κ3) is 5.80. The van der Waals surface area contributed by atoms with E-state index in [4.69, 9.17) is 4.74 Å². The van der Waals surface area contributed by atoms with Gasteiger partial charge in [0.25, 0.3) is 0 Å². The van der Waals surface area contributed by atoms with Crippen molar-refractivity contribution in [3.05, 3.63) is 69.9 Å². The molecule has 0 saturated carbocycles. The summed E-state index contributed by atoms with van der Waals surface area (Å²) < 4.78 is 5.02. The van der Waals surface area contributed by atoms with E-state index in [0.29, 0.717) is 0 Å². The van der Waals surface area contributed by atoms with Gasteiger partial charge in [-0.25, -0.2) is 4.79 Å². The smallest absolute Gasteiger partial charge is 0.407 e. The van der Waals surface area contributed by atoms with Crippen molar-refractivity contribution in [3.63, 3.8) is 0 Å². The molecule has 1 aromatic carbocycles. The SMILES string of the molecule is O=C(NCCC(O)C(O)c1ccc([N+](=O)[O-])nc1)OCc1ccccc1. The van der Waals surface area contributed by atoms with Crippen LogP contribution in [0.4, 0.5) is 10.6 Å². The number of benzene rings is 1. The summed E-state index contributed by atoms with van der Waals surface area (Å²) in [4.78, 5) is 25.1. The van der Waals surface area contributed by atoms with Gasteiger partial charge in [-0.05, 0) is 28.0 Å². The molecule has 1 amide bonds. The standard InChI is InChI=1S/C17H19N3O6/c21-14(16(22)13-6-7-15(19-10-13)20(24)25)8-9-18-17(23)26-11-12-4-2-1-3-5-12/h1-7,10,14,16,21-22H,8-9,11H2,(H,18,23). The highest BCUT2D eigenvalue weighted by atomic mass is 16.6. The molecule has 2 rings (SSSR count). The Morgan fingerprint density at radius 2 is 1.96 bits per heavy atom. The van der Waals surface area contributed by atoms with Crippen molar-refractivity contribution in [2.45, 2.75) is 25.2 Å². The van der Waals surface area contributed by atoms with Crippen LogP contribution >= 0.6 is 0 Å². The number of nitro groups is 1. The van der Waals surface area contributed by atoms with E-state index in [1.165, 1.54) is 6.07 Å². The average molecular weight is 361 g/mol. The summed E-state index contributed by atoms with van der Waals surface area (Å²) in [6.45, 7) is 0.221. The summed E-state index contributed by atoms with van der Waals surface area (Å²) in [6, 6.07) is 11.6. The first kappa shape index (κ1) is 19.3. The summed E-state index contributed by atoms with van der Waals surface area (Å²) in [7, 11) is 0. The van der Waals surface area contributed by atoms with Gasteiger partial charge in [-0.3, -0.25) is 0 Å². The number of aliphatic hydroxyl groups is 2. The minimum atomic E-state index is -1.27. The van der Waals surface area contributed by atoms with E-state index in [1.807, 2.05) is 30.3 Å². The normalized spacial score (nSPS) is 12.8. The van der Waals surface area contributed by atoms with Gasteiger partial charge in [-0.2, -0.15) is 0 Å². The number of hydrogen-bond acceptors (Lipinski definition) is 7. The van der Waals surface area contributed by atoms with Gasteiger partial charge in [0.05, 0.1) is 6.10 Å². The molecule has 0 aliphatic rings. The van der Waals surface area contributed by atoms with Crippen molar-refractivity contribution in [1.82, 2.24) is 10.3 Å². The predicted molar refractivity (Wildman–Crippen MR) is 91.1 cm³/mol. The van der Waals surface area contributed by atoms with E-state index in [1.54, 1.807) is 0 Å². The highest BCUT2D eigenvalue weighted by molar-refractivity contribution is 5.67. The van der Waals surface area contributed by atoms with Crippen molar-refractivity contribution < 1.29 is 24.7 Å². The second kappa shape index (κ2) is 9.44. The Bertz CT molecular complexity index is 723. The number of nitrogens with zero attached hydrogens (tertiary/aromatic N) is 2. The van der Waals surface area contributed by atoms with Crippen molar-refractivity contribution in [1.29, 1.82) is 0 Å². The first-order valence-electron chi connectivity index (χ1n) is 7.88. The van der Waals surface area contributed by atoms with Gasteiger partial charge >= 0.3 is 11.9 Å². The molecule has 0 spiro atoms. The molecule has 2 aromatic rings. The monoisotopic (exact) mass is 361 g/mol. The van der Waals surface area contributed by atoms with Crippen molar-refractivity contribution >= 4 is 11.9 Å². The number of ether oxygens (including phenoxy) is 1. The third-order valence-corrected chi connectivity index (χ3v) is 3.59. The number of carbonyl (C=O) groups is 1. The van der Waals surface area contributed by atoms with Crippen LogP contribution in [0.1, 0.15) is 23.7 Å². The number of pyridine rings is 1. The first-order valence-corrected chi connectivity index (χ1v) is 7.88. The molecule has 1 heterocycles. The largest absolute Gasteiger partial charge is 0.445 e. The summed E-state index contributed by atoms with van der Waals surface area (Å²) in [5.74, 6) is -0.349. The highest BCUT2D eigenvalue weighted by Crippen LogP contribution is 2.19. The molecule has 0 saturated heterocycles. The number of amides is 1. The van der Waals surface area contributed by atoms with E-state index in [-0.39, 0.29) is 31.0 Å². The Morgan fingerprint density at radius 3 is 2.58 bits per heavy atom. The van der Waals surface area contributed by atoms with Gasteiger partial charge in [0.1, 0.15) is 18.9 Å². The van der Waals surface area contributed by atoms with Gasteiger partial charge < -0.3 is 30.4 Å². The average Bonchev–Trinajstić information content (AvgIpc) is 2.66. The molecule has 9 heteroatoms. The number of hydrogen-bond donors (Lipinski definition) is 3. The van der Waals surface area contributed by atoms with Crippen LogP contribution in [0.3, 0.4) is 0 Å². The molecule has 0 radical (unpaired) electrons. The molecule has 0 aliphatic carbocycles. The number of aromatic nitrogens is 1. The van der Waals surface area contributed by atoms with Crippen LogP contribution in [0, 0.1) is 10.1 Å². The summed E-state index contributed by atoms with van der Waals surface area (Å²) in [6.07, 6.45) is -1.88. The molecule has 2 atom stereocenters. The molecule has 2 unspecified atom stereocenters.